The molecule has 0 aromatic carbocycles. The first-order valence-corrected chi connectivity index (χ1v) is 4.17. The van der Waals surface area contributed by atoms with Crippen LogP contribution in [0.5, 0.6) is 0 Å². The number of H-pyrrole nitrogens is 1. The van der Waals surface area contributed by atoms with Gasteiger partial charge in [0.2, 0.25) is 0 Å². The summed E-state index contributed by atoms with van der Waals surface area (Å²) in [7, 11) is 0. The van der Waals surface area contributed by atoms with E-state index in [1.807, 2.05) is 0 Å². The van der Waals surface area contributed by atoms with Crippen LogP contribution in [0.25, 0.3) is 0 Å². The van der Waals surface area contributed by atoms with Gasteiger partial charge in [0.15, 0.2) is 18.4 Å². The summed E-state index contributed by atoms with van der Waals surface area (Å²) < 4.78 is 0. The van der Waals surface area contributed by atoms with Crippen LogP contribution in [-0.4, -0.2) is 27.5 Å². The molecule has 1 N–H and O–H groups in total. The Morgan fingerprint density at radius 3 is 2.27 bits per heavy atom. The molecule has 76 valence electrons. The maximum atomic E-state index is 9.94. The third-order valence-corrected chi connectivity index (χ3v) is 1.44. The summed E-state index contributed by atoms with van der Waals surface area (Å²) in [6.07, 6.45) is 6.11. The molecule has 0 aliphatic carbocycles. The summed E-state index contributed by atoms with van der Waals surface area (Å²) in [6.45, 7) is 0. The Hall–Kier alpha value is -2.30. The predicted octanol–water partition coefficient (Wildman–Crippen LogP) is 1.12. The van der Waals surface area contributed by atoms with Gasteiger partial charge >= 0.3 is 0 Å². The topological polar surface area (TPSA) is 75.7 Å². The van der Waals surface area contributed by atoms with Crippen molar-refractivity contribution in [2.75, 3.05) is 0 Å². The molecule has 0 bridgehead atoms. The Labute approximate surface area is 86.2 Å². The Morgan fingerprint density at radius 1 is 1.07 bits per heavy atom. The number of aromatic nitrogens is 3. The van der Waals surface area contributed by atoms with Gasteiger partial charge < -0.3 is 4.98 Å². The van der Waals surface area contributed by atoms with E-state index in [1.165, 1.54) is 6.20 Å². The van der Waals surface area contributed by atoms with E-state index >= 15 is 0 Å². The van der Waals surface area contributed by atoms with Gasteiger partial charge in [0.25, 0.3) is 0 Å². The number of hydrogen-bond donors (Lipinski definition) is 1. The average molecular weight is 203 g/mol. The Morgan fingerprint density at radius 2 is 1.93 bits per heavy atom. The standard InChI is InChI=1S/C6H5NO.C4H4N2O/c8-5-6-3-1-2-4-7-6;7-3-4-5-1-2-6-4/h1-5H;1-3H,(H,5,6). The first-order chi connectivity index (χ1) is 7.36. The van der Waals surface area contributed by atoms with Crippen molar-refractivity contribution in [3.05, 3.63) is 48.3 Å². The fourth-order valence-corrected chi connectivity index (χ4v) is 0.788. The molecule has 0 saturated carbocycles. The highest BCUT2D eigenvalue weighted by Gasteiger charge is 1.83. The predicted molar refractivity (Wildman–Crippen MR) is 53.6 cm³/mol. The van der Waals surface area contributed by atoms with Gasteiger partial charge in [0, 0.05) is 18.6 Å². The van der Waals surface area contributed by atoms with E-state index in [0.29, 0.717) is 17.8 Å². The van der Waals surface area contributed by atoms with Crippen molar-refractivity contribution in [3.63, 3.8) is 0 Å². The molecule has 0 fully saturated rings. The number of aldehydes is 2. The number of nitrogens with zero attached hydrogens (tertiary/aromatic N) is 2. The van der Waals surface area contributed by atoms with Crippen LogP contribution in [0.4, 0.5) is 0 Å². The third-order valence-electron chi connectivity index (χ3n) is 1.44. The number of rotatable bonds is 2. The molecule has 0 aliphatic rings. The lowest BCUT2D eigenvalue weighted by molar-refractivity contribution is 0.111. The smallest absolute Gasteiger partial charge is 0.185 e. The van der Waals surface area contributed by atoms with Gasteiger partial charge in [0.05, 0.1) is 0 Å². The fraction of sp³-hybridized carbons (Fsp3) is 0. The van der Waals surface area contributed by atoms with Crippen molar-refractivity contribution in [1.82, 2.24) is 15.0 Å². The quantitative estimate of drug-likeness (QED) is 0.742. The van der Waals surface area contributed by atoms with Crippen LogP contribution in [-0.2, 0) is 0 Å². The van der Waals surface area contributed by atoms with E-state index < -0.39 is 0 Å². The molecule has 5 heteroatoms. The zero-order chi connectivity index (χ0) is 10.9. The summed E-state index contributed by atoms with van der Waals surface area (Å²) in [5.41, 5.74) is 0.479. The summed E-state index contributed by atoms with van der Waals surface area (Å²) >= 11 is 0. The van der Waals surface area contributed by atoms with E-state index in [1.54, 1.807) is 30.6 Å². The fourth-order valence-electron chi connectivity index (χ4n) is 0.788. The summed E-state index contributed by atoms with van der Waals surface area (Å²) in [5.74, 6) is 0.375. The summed E-state index contributed by atoms with van der Waals surface area (Å²) in [4.78, 5) is 29.7. The van der Waals surface area contributed by atoms with Crippen LogP contribution in [0.2, 0.25) is 0 Å². The lowest BCUT2D eigenvalue weighted by atomic mass is 10.4. The second-order valence-electron chi connectivity index (χ2n) is 2.46. The van der Waals surface area contributed by atoms with Gasteiger partial charge in [-0.3, -0.25) is 14.6 Å². The van der Waals surface area contributed by atoms with E-state index in [4.69, 9.17) is 0 Å². The van der Waals surface area contributed by atoms with Crippen molar-refractivity contribution < 1.29 is 9.59 Å². The number of pyridine rings is 1. The van der Waals surface area contributed by atoms with Gasteiger partial charge in [-0.15, -0.1) is 0 Å². The number of carbonyl (C=O) groups is 2. The number of aromatic amines is 1. The molecular formula is C10H9N3O2. The SMILES string of the molecule is O=Cc1ccccn1.O=Cc1ncc[nH]1. The molecule has 0 unspecified atom stereocenters. The third kappa shape index (κ3) is 3.95. The second-order valence-corrected chi connectivity index (χ2v) is 2.46. The van der Waals surface area contributed by atoms with Gasteiger partial charge in [-0.2, -0.15) is 0 Å². The second kappa shape index (κ2) is 6.20. The normalized spacial score (nSPS) is 8.53. The Balaban J connectivity index is 0.000000151. The first kappa shape index (κ1) is 10.8. The largest absolute Gasteiger partial charge is 0.342 e. The van der Waals surface area contributed by atoms with Crippen LogP contribution < -0.4 is 0 Å². The zero-order valence-corrected chi connectivity index (χ0v) is 7.83. The molecule has 0 spiro atoms. The van der Waals surface area contributed by atoms with E-state index in [2.05, 4.69) is 15.0 Å². The minimum Gasteiger partial charge on any atom is -0.342 e. The number of carbonyl (C=O) groups excluding carboxylic acids is 2. The van der Waals surface area contributed by atoms with Crippen LogP contribution in [0, 0.1) is 0 Å². The molecular weight excluding hydrogens is 194 g/mol. The van der Waals surface area contributed by atoms with Crippen LogP contribution in [0.3, 0.4) is 0 Å². The van der Waals surface area contributed by atoms with Gasteiger partial charge in [-0.05, 0) is 12.1 Å². The number of nitrogens with one attached hydrogen (secondary N) is 1. The first-order valence-electron chi connectivity index (χ1n) is 4.17. The molecule has 5 nitrogen and oxygen atoms in total. The van der Waals surface area contributed by atoms with Crippen molar-refractivity contribution >= 4 is 12.6 Å². The molecule has 2 heterocycles. The number of hydrogen-bond acceptors (Lipinski definition) is 4. The van der Waals surface area contributed by atoms with E-state index in [-0.39, 0.29) is 0 Å². The molecule has 15 heavy (non-hydrogen) atoms. The minimum absolute atomic E-state index is 0.375. The van der Waals surface area contributed by atoms with Crippen LogP contribution >= 0.6 is 0 Å². The molecule has 2 rings (SSSR count). The molecule has 2 aromatic rings. The van der Waals surface area contributed by atoms with Crippen molar-refractivity contribution in [2.45, 2.75) is 0 Å². The number of imidazole rings is 1. The minimum atomic E-state index is 0.375. The van der Waals surface area contributed by atoms with Crippen molar-refractivity contribution in [3.8, 4) is 0 Å². The highest BCUT2D eigenvalue weighted by atomic mass is 16.1. The maximum Gasteiger partial charge on any atom is 0.185 e. The summed E-state index contributed by atoms with van der Waals surface area (Å²) in [6, 6.07) is 5.21. The van der Waals surface area contributed by atoms with E-state index in [0.717, 1.165) is 6.29 Å². The van der Waals surface area contributed by atoms with Gasteiger partial charge in [-0.1, -0.05) is 6.07 Å². The lowest BCUT2D eigenvalue weighted by Gasteiger charge is -1.81. The molecule has 0 atom stereocenters. The molecule has 0 radical (unpaired) electrons. The van der Waals surface area contributed by atoms with Crippen molar-refractivity contribution in [1.29, 1.82) is 0 Å². The molecule has 0 saturated heterocycles. The lowest BCUT2D eigenvalue weighted by Crippen LogP contribution is -1.80. The summed E-state index contributed by atoms with van der Waals surface area (Å²) in [5, 5.41) is 0. The monoisotopic (exact) mass is 203 g/mol. The highest BCUT2D eigenvalue weighted by Crippen LogP contribution is 1.85. The van der Waals surface area contributed by atoms with Crippen LogP contribution in [0.1, 0.15) is 21.1 Å². The maximum absolute atomic E-state index is 9.94. The zero-order valence-electron chi connectivity index (χ0n) is 7.83. The van der Waals surface area contributed by atoms with Crippen molar-refractivity contribution in [2.24, 2.45) is 0 Å². The average Bonchev–Trinajstić information content (AvgIpc) is 2.84. The van der Waals surface area contributed by atoms with Gasteiger partial charge in [0.1, 0.15) is 5.69 Å². The molecule has 0 aliphatic heterocycles. The molecule has 2 aromatic heterocycles. The molecule has 0 amide bonds. The Bertz CT molecular complexity index is 398. The van der Waals surface area contributed by atoms with Gasteiger partial charge in [-0.25, -0.2) is 4.98 Å². The Kier molecular flexibility index (Phi) is 4.45. The van der Waals surface area contributed by atoms with E-state index in [9.17, 15) is 9.59 Å². The van der Waals surface area contributed by atoms with Crippen LogP contribution in [0.15, 0.2) is 36.8 Å². The highest BCUT2D eigenvalue weighted by molar-refractivity contribution is 5.71.